The predicted octanol–water partition coefficient (Wildman–Crippen LogP) is 1.72. The van der Waals surface area contributed by atoms with Crippen LogP contribution in [-0.4, -0.2) is 80.0 Å². The first-order chi connectivity index (χ1) is 11.7. The van der Waals surface area contributed by atoms with Crippen LogP contribution in [0.4, 0.5) is 0 Å². The molecule has 1 aromatic carbocycles. The molecular weight excluding hydrogens is 371 g/mol. The lowest BCUT2D eigenvalue weighted by Gasteiger charge is -2.36. The number of hydrogen-bond acceptors (Lipinski definition) is 4. The van der Waals surface area contributed by atoms with Crippen molar-refractivity contribution in [1.29, 1.82) is 0 Å². The Labute approximate surface area is 169 Å². The largest absolute Gasteiger partial charge is 0.340 e. The first-order valence-electron chi connectivity index (χ1n) is 9.17. The van der Waals surface area contributed by atoms with Crippen molar-refractivity contribution in [3.63, 3.8) is 0 Å². The molecule has 26 heavy (non-hydrogen) atoms. The van der Waals surface area contributed by atoms with Gasteiger partial charge in [-0.25, -0.2) is 0 Å². The second kappa shape index (κ2) is 11.8. The van der Waals surface area contributed by atoms with Crippen LogP contribution in [0.25, 0.3) is 0 Å². The third kappa shape index (κ3) is 6.71. The van der Waals surface area contributed by atoms with Gasteiger partial charge in [0.2, 0.25) is 5.91 Å². The van der Waals surface area contributed by atoms with Crippen LogP contribution in [0, 0.1) is 5.92 Å². The Morgan fingerprint density at radius 3 is 2.46 bits per heavy atom. The van der Waals surface area contributed by atoms with Crippen LogP contribution < -0.4 is 5.32 Å². The quantitative estimate of drug-likeness (QED) is 0.785. The highest BCUT2D eigenvalue weighted by molar-refractivity contribution is 5.85. The molecule has 1 unspecified atom stereocenters. The van der Waals surface area contributed by atoms with E-state index in [-0.39, 0.29) is 30.7 Å². The smallest absolute Gasteiger partial charge is 0.227 e. The van der Waals surface area contributed by atoms with E-state index >= 15 is 0 Å². The van der Waals surface area contributed by atoms with Gasteiger partial charge in [-0.15, -0.1) is 24.8 Å². The minimum absolute atomic E-state index is 0. The van der Waals surface area contributed by atoms with E-state index in [4.69, 9.17) is 0 Å². The van der Waals surface area contributed by atoms with Gasteiger partial charge in [-0.2, -0.15) is 0 Å². The van der Waals surface area contributed by atoms with Gasteiger partial charge < -0.3 is 15.1 Å². The molecule has 0 aromatic heterocycles. The number of carbonyl (C=O) groups excluding carboxylic acids is 1. The van der Waals surface area contributed by atoms with Gasteiger partial charge >= 0.3 is 0 Å². The van der Waals surface area contributed by atoms with Crippen molar-refractivity contribution in [3.05, 3.63) is 35.9 Å². The number of nitrogens with one attached hydrogen (secondary N) is 1. The van der Waals surface area contributed by atoms with Crippen molar-refractivity contribution in [2.24, 2.45) is 5.92 Å². The number of rotatable bonds is 6. The zero-order chi connectivity index (χ0) is 16.8. The maximum atomic E-state index is 12.4. The van der Waals surface area contributed by atoms with Crippen LogP contribution >= 0.6 is 24.8 Å². The van der Waals surface area contributed by atoms with E-state index in [0.717, 1.165) is 65.3 Å². The fourth-order valence-electron chi connectivity index (χ4n) is 3.60. The molecular formula is C19H32Cl2N4O. The van der Waals surface area contributed by atoms with Crippen molar-refractivity contribution in [2.45, 2.75) is 13.0 Å². The third-order valence-electron chi connectivity index (χ3n) is 5.19. The minimum Gasteiger partial charge on any atom is -0.340 e. The lowest BCUT2D eigenvalue weighted by Crippen LogP contribution is -2.51. The average molecular weight is 403 g/mol. The van der Waals surface area contributed by atoms with Gasteiger partial charge in [0.15, 0.2) is 0 Å². The predicted molar refractivity (Wildman–Crippen MR) is 111 cm³/mol. The van der Waals surface area contributed by atoms with Gasteiger partial charge in [0.25, 0.3) is 0 Å². The highest BCUT2D eigenvalue weighted by Gasteiger charge is 2.29. The maximum absolute atomic E-state index is 12.4. The number of piperazine rings is 1. The van der Waals surface area contributed by atoms with Crippen LogP contribution in [0.3, 0.4) is 0 Å². The van der Waals surface area contributed by atoms with Crippen molar-refractivity contribution in [1.82, 2.24) is 20.0 Å². The van der Waals surface area contributed by atoms with E-state index in [1.54, 1.807) is 0 Å². The highest BCUT2D eigenvalue weighted by Crippen LogP contribution is 2.13. The second-order valence-corrected chi connectivity index (χ2v) is 7.08. The molecule has 1 N–H and O–H groups in total. The van der Waals surface area contributed by atoms with Gasteiger partial charge in [-0.05, 0) is 25.6 Å². The molecule has 0 spiro atoms. The number of nitrogens with zero attached hydrogens (tertiary/aromatic N) is 3. The fourth-order valence-corrected chi connectivity index (χ4v) is 3.60. The standard InChI is InChI=1S/C19H30N4O.2ClH/c1-21(16-17-5-3-2-4-6-17)9-10-22-11-13-23(14-12-22)19(24)18-7-8-20-15-18;;/h2-6,18,20H,7-16H2,1H3;2*1H. The van der Waals surface area contributed by atoms with E-state index in [1.165, 1.54) is 5.56 Å². The van der Waals surface area contributed by atoms with E-state index < -0.39 is 0 Å². The molecule has 2 aliphatic rings. The Hall–Kier alpha value is -0.850. The molecule has 7 heteroatoms. The van der Waals surface area contributed by atoms with E-state index in [0.29, 0.717) is 5.91 Å². The number of halogens is 2. The summed E-state index contributed by atoms with van der Waals surface area (Å²) in [5, 5.41) is 3.29. The van der Waals surface area contributed by atoms with Crippen molar-refractivity contribution >= 4 is 30.7 Å². The molecule has 0 bridgehead atoms. The second-order valence-electron chi connectivity index (χ2n) is 7.08. The lowest BCUT2D eigenvalue weighted by atomic mass is 10.1. The third-order valence-corrected chi connectivity index (χ3v) is 5.19. The number of hydrogen-bond donors (Lipinski definition) is 1. The van der Waals surface area contributed by atoms with Gasteiger partial charge in [0.1, 0.15) is 0 Å². The summed E-state index contributed by atoms with van der Waals surface area (Å²) in [5.74, 6) is 0.578. The maximum Gasteiger partial charge on any atom is 0.227 e. The van der Waals surface area contributed by atoms with E-state index in [2.05, 4.69) is 57.4 Å². The van der Waals surface area contributed by atoms with Crippen molar-refractivity contribution in [3.8, 4) is 0 Å². The van der Waals surface area contributed by atoms with Crippen LogP contribution in [0.15, 0.2) is 30.3 Å². The summed E-state index contributed by atoms with van der Waals surface area (Å²) in [6.45, 7) is 8.78. The molecule has 1 aromatic rings. The molecule has 5 nitrogen and oxygen atoms in total. The van der Waals surface area contributed by atoms with Gasteiger partial charge in [-0.1, -0.05) is 30.3 Å². The summed E-state index contributed by atoms with van der Waals surface area (Å²) in [4.78, 5) is 19.4. The Kier molecular flexibility index (Phi) is 10.5. The molecule has 0 saturated carbocycles. The zero-order valence-electron chi connectivity index (χ0n) is 15.6. The molecule has 2 fully saturated rings. The average Bonchev–Trinajstić information content (AvgIpc) is 3.15. The number of amides is 1. The van der Waals surface area contributed by atoms with Gasteiger partial charge in [0, 0.05) is 52.4 Å². The van der Waals surface area contributed by atoms with Gasteiger partial charge in [-0.3, -0.25) is 9.69 Å². The molecule has 2 heterocycles. The van der Waals surface area contributed by atoms with Crippen LogP contribution in [0.2, 0.25) is 0 Å². The summed E-state index contributed by atoms with van der Waals surface area (Å²) in [5.41, 5.74) is 1.36. The molecule has 0 radical (unpaired) electrons. The normalized spacial score (nSPS) is 20.5. The SMILES string of the molecule is CN(CCN1CCN(C(=O)C2CCNC2)CC1)Cc1ccccc1.Cl.Cl. The van der Waals surface area contributed by atoms with Crippen molar-refractivity contribution in [2.75, 3.05) is 59.4 Å². The first-order valence-corrected chi connectivity index (χ1v) is 9.17. The van der Waals surface area contributed by atoms with E-state index in [1.807, 2.05) is 0 Å². The Bertz CT molecular complexity index is 518. The van der Waals surface area contributed by atoms with Crippen LogP contribution in [0.5, 0.6) is 0 Å². The topological polar surface area (TPSA) is 38.8 Å². The van der Waals surface area contributed by atoms with Crippen molar-refractivity contribution < 1.29 is 4.79 Å². The zero-order valence-corrected chi connectivity index (χ0v) is 17.2. The number of benzene rings is 1. The first kappa shape index (κ1) is 23.2. The summed E-state index contributed by atoms with van der Waals surface area (Å²) in [6.07, 6.45) is 1.00. The number of likely N-dealkylation sites (N-methyl/N-ethyl adjacent to an activating group) is 1. The molecule has 0 aliphatic carbocycles. The number of carbonyl (C=O) groups is 1. The summed E-state index contributed by atoms with van der Waals surface area (Å²) >= 11 is 0. The molecule has 2 aliphatic heterocycles. The highest BCUT2D eigenvalue weighted by atomic mass is 35.5. The van der Waals surface area contributed by atoms with Crippen LogP contribution in [-0.2, 0) is 11.3 Å². The monoisotopic (exact) mass is 402 g/mol. The summed E-state index contributed by atoms with van der Waals surface area (Å²) in [6, 6.07) is 10.6. The molecule has 148 valence electrons. The lowest BCUT2D eigenvalue weighted by molar-refractivity contribution is -0.136. The summed E-state index contributed by atoms with van der Waals surface area (Å²) in [7, 11) is 2.18. The van der Waals surface area contributed by atoms with E-state index in [9.17, 15) is 4.79 Å². The molecule has 1 amide bonds. The molecule has 2 saturated heterocycles. The van der Waals surface area contributed by atoms with Gasteiger partial charge in [0.05, 0.1) is 5.92 Å². The Morgan fingerprint density at radius 2 is 1.85 bits per heavy atom. The molecule has 3 rings (SSSR count). The summed E-state index contributed by atoms with van der Waals surface area (Å²) < 4.78 is 0. The fraction of sp³-hybridized carbons (Fsp3) is 0.632. The minimum atomic E-state index is 0. The Morgan fingerprint density at radius 1 is 1.15 bits per heavy atom. The van der Waals surface area contributed by atoms with Crippen LogP contribution in [0.1, 0.15) is 12.0 Å². The Balaban J connectivity index is 0.00000169. The molecule has 1 atom stereocenters.